The van der Waals surface area contributed by atoms with Crippen LogP contribution in [0.15, 0.2) is 24.3 Å². The molecule has 0 radical (unpaired) electrons. The van der Waals surface area contributed by atoms with Crippen molar-refractivity contribution >= 4 is 23.9 Å². The van der Waals surface area contributed by atoms with Gasteiger partial charge in [0.05, 0.1) is 6.61 Å². The first-order valence-corrected chi connectivity index (χ1v) is 13.9. The first-order valence-electron chi connectivity index (χ1n) is 13.9. The summed E-state index contributed by atoms with van der Waals surface area (Å²) >= 11 is 0. The van der Waals surface area contributed by atoms with Gasteiger partial charge in [0.1, 0.15) is 12.7 Å². The van der Waals surface area contributed by atoms with Crippen LogP contribution in [0.4, 0.5) is 0 Å². The summed E-state index contributed by atoms with van der Waals surface area (Å²) < 4.78 is 33.3. The zero-order valence-electron chi connectivity index (χ0n) is 24.5. The minimum atomic E-state index is -1.25. The van der Waals surface area contributed by atoms with Crippen LogP contribution in [0.5, 0.6) is 0 Å². The maximum atomic E-state index is 12.0. The van der Waals surface area contributed by atoms with E-state index < -0.39 is 54.6 Å². The average Bonchev–Trinajstić information content (AvgIpc) is 2.90. The number of rotatable bonds is 12. The minimum Gasteiger partial charge on any atom is -0.463 e. The molecule has 1 aromatic carbocycles. The predicted octanol–water partition coefficient (Wildman–Crippen LogP) is 1.12. The molecule has 1 aromatic rings. The summed E-state index contributed by atoms with van der Waals surface area (Å²) in [6.45, 7) is 10.1. The number of hydrogen-bond acceptors (Lipinski definition) is 12. The lowest BCUT2D eigenvalue weighted by Gasteiger charge is -2.44. The number of ether oxygens (including phenoxy) is 6. The van der Waals surface area contributed by atoms with E-state index in [1.807, 2.05) is 0 Å². The molecule has 2 aliphatic rings. The highest BCUT2D eigenvalue weighted by atomic mass is 16.7. The highest BCUT2D eigenvalue weighted by Gasteiger charge is 2.52. The normalized spacial score (nSPS) is 25.2. The molecule has 5 atom stereocenters. The number of hydrogen-bond donors (Lipinski definition) is 0. The summed E-state index contributed by atoms with van der Waals surface area (Å²) in [4.78, 5) is 52.1. The molecule has 12 nitrogen and oxygen atoms in total. The number of esters is 4. The SMILES string of the molecule is CC(=O)OC[C@H]1O[C@@H](OCCc2ccc(CCN3CCN(C)CC3)cc2)[C@H](OC(C)=O)[C@@H](OC(C)=O)[C@@H]1OC(C)=O. The number of likely N-dealkylation sites (N-methyl/N-ethyl adjacent to an activating group) is 1. The molecule has 2 fully saturated rings. The van der Waals surface area contributed by atoms with Crippen LogP contribution in [0.3, 0.4) is 0 Å². The molecular weight excluding hydrogens is 536 g/mol. The third-order valence-corrected chi connectivity index (χ3v) is 6.96. The molecule has 0 aromatic heterocycles. The maximum Gasteiger partial charge on any atom is 0.303 e. The molecule has 0 spiro atoms. The van der Waals surface area contributed by atoms with E-state index >= 15 is 0 Å². The number of benzene rings is 1. The van der Waals surface area contributed by atoms with Crippen molar-refractivity contribution in [2.75, 3.05) is 53.0 Å². The molecule has 0 bridgehead atoms. The summed E-state index contributed by atoms with van der Waals surface area (Å²) in [6, 6.07) is 8.32. The summed E-state index contributed by atoms with van der Waals surface area (Å²) in [7, 11) is 2.15. The van der Waals surface area contributed by atoms with Crippen LogP contribution in [0.1, 0.15) is 38.8 Å². The first-order chi connectivity index (χ1) is 19.5. The van der Waals surface area contributed by atoms with Crippen LogP contribution in [-0.2, 0) is 60.4 Å². The van der Waals surface area contributed by atoms with E-state index in [2.05, 4.69) is 41.1 Å². The second-order valence-electron chi connectivity index (χ2n) is 10.4. The topological polar surface area (TPSA) is 130 Å². The van der Waals surface area contributed by atoms with Crippen LogP contribution in [-0.4, -0.2) is 117 Å². The Hall–Kier alpha value is -3.06. The number of carbonyl (C=O) groups excluding carboxylic acids is 4. The van der Waals surface area contributed by atoms with Crippen LogP contribution < -0.4 is 0 Å². The quantitative estimate of drug-likeness (QED) is 0.260. The van der Waals surface area contributed by atoms with Crippen LogP contribution in [0.25, 0.3) is 0 Å². The Morgan fingerprint density at radius 2 is 1.29 bits per heavy atom. The van der Waals surface area contributed by atoms with Gasteiger partial charge in [-0.2, -0.15) is 0 Å². The Kier molecular flexibility index (Phi) is 12.5. The fourth-order valence-corrected chi connectivity index (χ4v) is 4.85. The molecule has 3 rings (SSSR count). The largest absolute Gasteiger partial charge is 0.463 e. The Balaban J connectivity index is 1.65. The smallest absolute Gasteiger partial charge is 0.303 e. The van der Waals surface area contributed by atoms with Gasteiger partial charge in [0.2, 0.25) is 0 Å². The zero-order valence-corrected chi connectivity index (χ0v) is 24.5. The van der Waals surface area contributed by atoms with Crippen molar-refractivity contribution in [1.82, 2.24) is 9.80 Å². The molecule has 12 heteroatoms. The minimum absolute atomic E-state index is 0.189. The van der Waals surface area contributed by atoms with Gasteiger partial charge in [-0.1, -0.05) is 24.3 Å². The summed E-state index contributed by atoms with van der Waals surface area (Å²) in [5, 5.41) is 0. The molecule has 0 unspecified atom stereocenters. The fourth-order valence-electron chi connectivity index (χ4n) is 4.85. The molecule has 41 heavy (non-hydrogen) atoms. The monoisotopic (exact) mass is 578 g/mol. The van der Waals surface area contributed by atoms with Gasteiger partial charge in [-0.25, -0.2) is 0 Å². The second kappa shape index (κ2) is 15.8. The lowest BCUT2D eigenvalue weighted by atomic mass is 9.98. The van der Waals surface area contributed by atoms with E-state index in [4.69, 9.17) is 28.4 Å². The molecule has 2 aliphatic heterocycles. The van der Waals surface area contributed by atoms with E-state index in [9.17, 15) is 19.2 Å². The van der Waals surface area contributed by atoms with Crippen molar-refractivity contribution < 1.29 is 47.6 Å². The lowest BCUT2D eigenvalue weighted by Crippen LogP contribution is -2.63. The van der Waals surface area contributed by atoms with Gasteiger partial charge in [0.25, 0.3) is 0 Å². The van der Waals surface area contributed by atoms with Gasteiger partial charge < -0.3 is 38.2 Å². The fraction of sp³-hybridized carbons (Fsp3) is 0.655. The first kappa shape index (κ1) is 32.5. The number of piperazine rings is 1. The van der Waals surface area contributed by atoms with E-state index in [1.165, 1.54) is 33.3 Å². The van der Waals surface area contributed by atoms with Gasteiger partial charge in [0.15, 0.2) is 24.6 Å². The third kappa shape index (κ3) is 10.7. The van der Waals surface area contributed by atoms with E-state index in [1.54, 1.807) is 0 Å². The number of carbonyl (C=O) groups is 4. The summed E-state index contributed by atoms with van der Waals surface area (Å²) in [5.74, 6) is -2.62. The Morgan fingerprint density at radius 1 is 0.756 bits per heavy atom. The van der Waals surface area contributed by atoms with Crippen molar-refractivity contribution in [2.45, 2.75) is 71.2 Å². The van der Waals surface area contributed by atoms with E-state index in [0.717, 1.165) is 44.7 Å². The Bertz CT molecular complexity index is 1020. The van der Waals surface area contributed by atoms with Gasteiger partial charge in [-0.15, -0.1) is 0 Å². The van der Waals surface area contributed by atoms with E-state index in [0.29, 0.717) is 6.42 Å². The van der Waals surface area contributed by atoms with Gasteiger partial charge in [0, 0.05) is 60.4 Å². The van der Waals surface area contributed by atoms with E-state index in [-0.39, 0.29) is 13.2 Å². The predicted molar refractivity (Wildman–Crippen MR) is 146 cm³/mol. The highest BCUT2D eigenvalue weighted by molar-refractivity contribution is 5.68. The highest BCUT2D eigenvalue weighted by Crippen LogP contribution is 2.30. The van der Waals surface area contributed by atoms with Crippen LogP contribution >= 0.6 is 0 Å². The van der Waals surface area contributed by atoms with Crippen molar-refractivity contribution in [2.24, 2.45) is 0 Å². The van der Waals surface area contributed by atoms with Crippen LogP contribution in [0, 0.1) is 0 Å². The van der Waals surface area contributed by atoms with Crippen molar-refractivity contribution in [3.05, 3.63) is 35.4 Å². The average molecular weight is 579 g/mol. The molecule has 2 saturated heterocycles. The molecule has 0 N–H and O–H groups in total. The van der Waals surface area contributed by atoms with Gasteiger partial charge in [-0.05, 0) is 31.0 Å². The molecule has 0 aliphatic carbocycles. The van der Waals surface area contributed by atoms with Crippen molar-refractivity contribution in [1.29, 1.82) is 0 Å². The molecule has 0 amide bonds. The molecule has 0 saturated carbocycles. The van der Waals surface area contributed by atoms with Crippen molar-refractivity contribution in [3.8, 4) is 0 Å². The lowest BCUT2D eigenvalue weighted by molar-refractivity contribution is -0.307. The Labute approximate surface area is 241 Å². The number of nitrogens with zero attached hydrogens (tertiary/aromatic N) is 2. The standard InChI is InChI=1S/C29H42N2O10/c1-19(32)37-18-25-26(38-20(2)33)27(39-21(3)34)28(40-22(4)35)29(41-25)36-17-11-24-8-6-23(7-9-24)10-12-31-15-13-30(5)14-16-31/h6-9,25-29H,10-18H2,1-5H3/t25-,26-,27+,28-,29-/m1/s1. The zero-order chi connectivity index (χ0) is 29.9. The third-order valence-electron chi connectivity index (χ3n) is 6.96. The van der Waals surface area contributed by atoms with Gasteiger partial charge in [-0.3, -0.25) is 19.2 Å². The summed E-state index contributed by atoms with van der Waals surface area (Å²) in [6.07, 6.45) is -4.40. The molecule has 228 valence electrons. The Morgan fingerprint density at radius 3 is 1.85 bits per heavy atom. The van der Waals surface area contributed by atoms with Crippen LogP contribution in [0.2, 0.25) is 0 Å². The second-order valence-corrected chi connectivity index (χ2v) is 10.4. The maximum absolute atomic E-state index is 12.0. The van der Waals surface area contributed by atoms with Gasteiger partial charge >= 0.3 is 23.9 Å². The summed E-state index contributed by atoms with van der Waals surface area (Å²) in [5.41, 5.74) is 2.30. The molecular formula is C29H42N2O10. The molecule has 2 heterocycles. The van der Waals surface area contributed by atoms with Crippen molar-refractivity contribution in [3.63, 3.8) is 0 Å².